The Labute approximate surface area is 171 Å². The van der Waals surface area contributed by atoms with Gasteiger partial charge in [-0.05, 0) is 57.9 Å². The average molecular weight is 393 g/mol. The van der Waals surface area contributed by atoms with Gasteiger partial charge in [0.05, 0.1) is 0 Å². The van der Waals surface area contributed by atoms with E-state index in [0.29, 0.717) is 42.5 Å². The molecular formula is C22H40N4O2. The molecule has 0 aromatic heterocycles. The second-order valence-electron chi connectivity index (χ2n) is 9.31. The Morgan fingerprint density at radius 1 is 1.14 bits per heavy atom. The predicted octanol–water partition coefficient (Wildman–Crippen LogP) is 2.71. The van der Waals surface area contributed by atoms with E-state index in [1.54, 1.807) is 0 Å². The zero-order chi connectivity index (χ0) is 20.8. The summed E-state index contributed by atoms with van der Waals surface area (Å²) >= 11 is 0. The first-order chi connectivity index (χ1) is 13.2. The highest BCUT2D eigenvalue weighted by molar-refractivity contribution is 5.77. The zero-order valence-electron chi connectivity index (χ0n) is 18.6. The SMILES string of the molecule is CC1=CC(CNC(=O)NC(C)C)C(C(C)C)CC1CC(=O)N1CCN(C)CC1. The summed E-state index contributed by atoms with van der Waals surface area (Å²) in [6, 6.07) is 0.0328. The summed E-state index contributed by atoms with van der Waals surface area (Å²) in [6.45, 7) is 14.8. The maximum atomic E-state index is 12.8. The van der Waals surface area contributed by atoms with Crippen molar-refractivity contribution < 1.29 is 9.59 Å². The van der Waals surface area contributed by atoms with E-state index in [2.05, 4.69) is 49.4 Å². The number of nitrogens with one attached hydrogen (secondary N) is 2. The van der Waals surface area contributed by atoms with E-state index in [-0.39, 0.29) is 12.1 Å². The van der Waals surface area contributed by atoms with Gasteiger partial charge in [0.15, 0.2) is 0 Å². The molecule has 3 atom stereocenters. The molecule has 2 rings (SSSR count). The van der Waals surface area contributed by atoms with Gasteiger partial charge in [0, 0.05) is 45.2 Å². The van der Waals surface area contributed by atoms with Gasteiger partial charge in [0.25, 0.3) is 0 Å². The lowest BCUT2D eigenvalue weighted by Crippen LogP contribution is -2.48. The molecule has 2 N–H and O–H groups in total. The largest absolute Gasteiger partial charge is 0.340 e. The Hall–Kier alpha value is -1.56. The highest BCUT2D eigenvalue weighted by Crippen LogP contribution is 2.39. The molecule has 0 spiro atoms. The Balaban J connectivity index is 1.96. The summed E-state index contributed by atoms with van der Waals surface area (Å²) in [5.74, 6) is 1.94. The predicted molar refractivity (Wildman–Crippen MR) is 114 cm³/mol. The summed E-state index contributed by atoms with van der Waals surface area (Å²) in [4.78, 5) is 29.1. The fourth-order valence-corrected chi connectivity index (χ4v) is 4.43. The smallest absolute Gasteiger partial charge is 0.315 e. The summed E-state index contributed by atoms with van der Waals surface area (Å²) in [5, 5.41) is 5.91. The highest BCUT2D eigenvalue weighted by Gasteiger charge is 2.33. The molecule has 1 aliphatic carbocycles. The highest BCUT2D eigenvalue weighted by atomic mass is 16.2. The van der Waals surface area contributed by atoms with E-state index >= 15 is 0 Å². The lowest BCUT2D eigenvalue weighted by atomic mass is 9.69. The van der Waals surface area contributed by atoms with Gasteiger partial charge >= 0.3 is 6.03 Å². The van der Waals surface area contributed by atoms with E-state index in [1.165, 1.54) is 5.57 Å². The molecule has 0 aromatic rings. The van der Waals surface area contributed by atoms with Crippen LogP contribution in [-0.2, 0) is 4.79 Å². The lowest BCUT2D eigenvalue weighted by Gasteiger charge is -2.38. The molecule has 0 bridgehead atoms. The number of carbonyl (C=O) groups is 2. The van der Waals surface area contributed by atoms with Gasteiger partial charge in [0.1, 0.15) is 0 Å². The van der Waals surface area contributed by atoms with Crippen LogP contribution < -0.4 is 10.6 Å². The monoisotopic (exact) mass is 392 g/mol. The molecule has 1 saturated heterocycles. The number of nitrogens with zero attached hydrogens (tertiary/aromatic N) is 2. The maximum absolute atomic E-state index is 12.8. The molecule has 1 fully saturated rings. The number of hydrogen-bond acceptors (Lipinski definition) is 3. The second-order valence-corrected chi connectivity index (χ2v) is 9.31. The summed E-state index contributed by atoms with van der Waals surface area (Å²) in [5.41, 5.74) is 1.30. The van der Waals surface area contributed by atoms with Gasteiger partial charge in [0.2, 0.25) is 5.91 Å². The first-order valence-corrected chi connectivity index (χ1v) is 10.9. The van der Waals surface area contributed by atoms with Crippen molar-refractivity contribution in [1.29, 1.82) is 0 Å². The number of urea groups is 1. The van der Waals surface area contributed by atoms with Crippen LogP contribution in [0, 0.1) is 23.7 Å². The van der Waals surface area contributed by atoms with Crippen LogP contribution >= 0.6 is 0 Å². The number of hydrogen-bond donors (Lipinski definition) is 2. The minimum Gasteiger partial charge on any atom is -0.340 e. The first-order valence-electron chi connectivity index (χ1n) is 10.9. The fourth-order valence-electron chi connectivity index (χ4n) is 4.43. The van der Waals surface area contributed by atoms with E-state index in [4.69, 9.17) is 0 Å². The first kappa shape index (κ1) is 22.7. The topological polar surface area (TPSA) is 64.7 Å². The molecule has 1 heterocycles. The van der Waals surface area contributed by atoms with Crippen LogP contribution in [0.3, 0.4) is 0 Å². The molecule has 6 heteroatoms. The molecule has 3 amide bonds. The number of rotatable bonds is 6. The van der Waals surface area contributed by atoms with E-state index in [0.717, 1.165) is 32.6 Å². The average Bonchev–Trinajstić information content (AvgIpc) is 2.61. The number of carbonyl (C=O) groups excluding carboxylic acids is 2. The molecule has 0 radical (unpaired) electrons. The maximum Gasteiger partial charge on any atom is 0.315 e. The zero-order valence-corrected chi connectivity index (χ0v) is 18.6. The number of allylic oxidation sites excluding steroid dienone is 1. The van der Waals surface area contributed by atoms with Gasteiger partial charge < -0.3 is 20.4 Å². The van der Waals surface area contributed by atoms with Crippen LogP contribution in [0.2, 0.25) is 0 Å². The number of likely N-dealkylation sites (N-methyl/N-ethyl adjacent to an activating group) is 1. The van der Waals surface area contributed by atoms with Crippen molar-refractivity contribution in [3.63, 3.8) is 0 Å². The van der Waals surface area contributed by atoms with Crippen molar-refractivity contribution in [2.45, 2.75) is 53.5 Å². The second kappa shape index (κ2) is 10.3. The molecular weight excluding hydrogens is 352 g/mol. The van der Waals surface area contributed by atoms with Crippen LogP contribution in [0.5, 0.6) is 0 Å². The summed E-state index contributed by atoms with van der Waals surface area (Å²) in [6.07, 6.45) is 3.95. The Morgan fingerprint density at radius 2 is 1.79 bits per heavy atom. The minimum atomic E-state index is -0.101. The molecule has 28 heavy (non-hydrogen) atoms. The fraction of sp³-hybridized carbons (Fsp3) is 0.818. The third-order valence-corrected chi connectivity index (χ3v) is 6.28. The lowest BCUT2D eigenvalue weighted by molar-refractivity contribution is -0.133. The van der Waals surface area contributed by atoms with Crippen LogP contribution in [0.15, 0.2) is 11.6 Å². The van der Waals surface area contributed by atoms with Crippen LogP contribution in [-0.4, -0.2) is 67.6 Å². The van der Waals surface area contributed by atoms with Crippen molar-refractivity contribution in [3.8, 4) is 0 Å². The van der Waals surface area contributed by atoms with Gasteiger partial charge in [-0.2, -0.15) is 0 Å². The van der Waals surface area contributed by atoms with Crippen molar-refractivity contribution in [2.24, 2.45) is 23.7 Å². The molecule has 1 aliphatic heterocycles. The summed E-state index contributed by atoms with van der Waals surface area (Å²) < 4.78 is 0. The van der Waals surface area contributed by atoms with Gasteiger partial charge in [-0.15, -0.1) is 0 Å². The minimum absolute atomic E-state index is 0.101. The Bertz CT molecular complexity index is 565. The molecule has 0 aromatic carbocycles. The normalized spacial score (nSPS) is 26.4. The molecule has 0 saturated carbocycles. The van der Waals surface area contributed by atoms with Crippen molar-refractivity contribution in [1.82, 2.24) is 20.4 Å². The van der Waals surface area contributed by atoms with Gasteiger partial charge in [-0.1, -0.05) is 25.5 Å². The Morgan fingerprint density at radius 3 is 2.36 bits per heavy atom. The van der Waals surface area contributed by atoms with Crippen LogP contribution in [0.4, 0.5) is 4.79 Å². The van der Waals surface area contributed by atoms with E-state index in [1.807, 2.05) is 18.7 Å². The van der Waals surface area contributed by atoms with Crippen molar-refractivity contribution >= 4 is 11.9 Å². The number of amides is 3. The number of piperazine rings is 1. The van der Waals surface area contributed by atoms with Gasteiger partial charge in [-0.3, -0.25) is 4.79 Å². The van der Waals surface area contributed by atoms with Crippen LogP contribution in [0.25, 0.3) is 0 Å². The van der Waals surface area contributed by atoms with Gasteiger partial charge in [-0.25, -0.2) is 4.79 Å². The van der Waals surface area contributed by atoms with Crippen LogP contribution in [0.1, 0.15) is 47.5 Å². The van der Waals surface area contributed by atoms with Crippen molar-refractivity contribution in [3.05, 3.63) is 11.6 Å². The third kappa shape index (κ3) is 6.50. The van der Waals surface area contributed by atoms with E-state index in [9.17, 15) is 9.59 Å². The third-order valence-electron chi connectivity index (χ3n) is 6.28. The molecule has 6 nitrogen and oxygen atoms in total. The standard InChI is InChI=1S/C22H40N4O2/c1-15(2)20-12-18(13-21(27)26-9-7-25(6)8-10-26)17(5)11-19(20)14-23-22(28)24-16(3)4/h11,15-16,18-20H,7-10,12-14H2,1-6H3,(H2,23,24,28). The molecule has 160 valence electrons. The summed E-state index contributed by atoms with van der Waals surface area (Å²) in [7, 11) is 2.11. The Kier molecular flexibility index (Phi) is 8.35. The molecule has 2 aliphatic rings. The quantitative estimate of drug-likeness (QED) is 0.683. The van der Waals surface area contributed by atoms with E-state index < -0.39 is 0 Å². The molecule has 3 unspecified atom stereocenters. The van der Waals surface area contributed by atoms with Crippen molar-refractivity contribution in [2.75, 3.05) is 39.8 Å².